The fourth-order valence-electron chi connectivity index (χ4n) is 3.51. The molecule has 0 saturated carbocycles. The first kappa shape index (κ1) is 22.0. The number of benzene rings is 2. The van der Waals surface area contributed by atoms with Gasteiger partial charge in [0.25, 0.3) is 0 Å². The summed E-state index contributed by atoms with van der Waals surface area (Å²) in [6.07, 6.45) is 1.77. The zero-order chi connectivity index (χ0) is 22.5. The van der Waals surface area contributed by atoms with E-state index < -0.39 is 6.04 Å². The normalized spacial score (nSPS) is 15.2. The second kappa shape index (κ2) is 9.95. The molecule has 0 radical (unpaired) electrons. The van der Waals surface area contributed by atoms with Crippen LogP contribution >= 0.6 is 15.9 Å². The number of nitrogens with zero attached hydrogens (tertiary/aromatic N) is 4. The molecule has 0 amide bonds. The molecule has 1 aliphatic heterocycles. The van der Waals surface area contributed by atoms with Crippen molar-refractivity contribution in [1.82, 2.24) is 20.2 Å². The minimum atomic E-state index is -0.491. The third-order valence-corrected chi connectivity index (χ3v) is 5.65. The first-order valence-electron chi connectivity index (χ1n) is 10.5. The van der Waals surface area contributed by atoms with Crippen LogP contribution in [0.3, 0.4) is 0 Å². The number of aromatic nitrogens is 4. The lowest BCUT2D eigenvalue weighted by atomic mass is 9.96. The Balaban J connectivity index is 1.56. The number of unbranched alkanes of at least 4 members (excludes halogenated alkanes) is 1. The summed E-state index contributed by atoms with van der Waals surface area (Å²) >= 11 is 3.47. The van der Waals surface area contributed by atoms with Crippen LogP contribution in [-0.4, -0.2) is 32.8 Å². The minimum absolute atomic E-state index is 0.371. The van der Waals surface area contributed by atoms with Crippen LogP contribution < -0.4 is 10.1 Å². The molecule has 0 fully saturated rings. The largest absolute Gasteiger partial charge is 0.489 e. The Morgan fingerprint density at radius 2 is 2.03 bits per heavy atom. The Morgan fingerprint density at radius 1 is 1.22 bits per heavy atom. The summed E-state index contributed by atoms with van der Waals surface area (Å²) in [6.45, 7) is 4.72. The quantitative estimate of drug-likeness (QED) is 0.357. The first-order valence-corrected chi connectivity index (χ1v) is 11.3. The summed E-state index contributed by atoms with van der Waals surface area (Å²) in [5.74, 6) is 0.838. The van der Waals surface area contributed by atoms with Gasteiger partial charge in [-0.3, -0.25) is 0 Å². The van der Waals surface area contributed by atoms with E-state index in [-0.39, 0.29) is 5.97 Å². The number of nitrogens with one attached hydrogen (secondary N) is 1. The van der Waals surface area contributed by atoms with E-state index in [1.165, 1.54) is 0 Å². The summed E-state index contributed by atoms with van der Waals surface area (Å²) in [5.41, 5.74) is 3.09. The van der Waals surface area contributed by atoms with Crippen LogP contribution in [0.2, 0.25) is 0 Å². The van der Waals surface area contributed by atoms with Crippen LogP contribution in [0.1, 0.15) is 43.9 Å². The van der Waals surface area contributed by atoms with Crippen molar-refractivity contribution in [1.29, 1.82) is 0 Å². The van der Waals surface area contributed by atoms with Crippen molar-refractivity contribution in [3.63, 3.8) is 0 Å². The molecule has 8 nitrogen and oxygen atoms in total. The van der Waals surface area contributed by atoms with Crippen LogP contribution in [0.5, 0.6) is 5.75 Å². The Bertz CT molecular complexity index is 1130. The maximum atomic E-state index is 12.9. The zero-order valence-electron chi connectivity index (χ0n) is 17.9. The lowest BCUT2D eigenvalue weighted by Gasteiger charge is -2.27. The van der Waals surface area contributed by atoms with E-state index in [1.54, 1.807) is 4.68 Å². The van der Waals surface area contributed by atoms with E-state index in [0.29, 0.717) is 30.4 Å². The van der Waals surface area contributed by atoms with Gasteiger partial charge in [-0.25, -0.2) is 4.79 Å². The molecule has 1 aromatic heterocycles. The number of carbonyl (C=O) groups excluding carboxylic acids is 1. The van der Waals surface area contributed by atoms with E-state index in [0.717, 1.165) is 34.2 Å². The van der Waals surface area contributed by atoms with Gasteiger partial charge in [0, 0.05) is 10.2 Å². The summed E-state index contributed by atoms with van der Waals surface area (Å²) in [7, 11) is 0. The predicted octanol–water partition coefficient (Wildman–Crippen LogP) is 4.65. The molecular weight excluding hydrogens is 474 g/mol. The van der Waals surface area contributed by atoms with Gasteiger partial charge in [0.15, 0.2) is 0 Å². The Labute approximate surface area is 194 Å². The van der Waals surface area contributed by atoms with Gasteiger partial charge in [0.2, 0.25) is 5.95 Å². The molecule has 1 aliphatic rings. The van der Waals surface area contributed by atoms with Gasteiger partial charge in [0.1, 0.15) is 18.4 Å². The molecule has 166 valence electrons. The minimum Gasteiger partial charge on any atom is -0.489 e. The number of allylic oxidation sites excluding steroid dienone is 1. The Hall–Kier alpha value is -3.20. The van der Waals surface area contributed by atoms with E-state index >= 15 is 0 Å². The number of rotatable bonds is 8. The topological polar surface area (TPSA) is 91.2 Å². The van der Waals surface area contributed by atoms with Crippen LogP contribution in [-0.2, 0) is 16.1 Å². The molecular formula is C23H24BrN5O3. The van der Waals surface area contributed by atoms with Crippen molar-refractivity contribution in [2.45, 2.75) is 39.3 Å². The van der Waals surface area contributed by atoms with E-state index in [9.17, 15) is 4.79 Å². The molecule has 0 bridgehead atoms. The van der Waals surface area contributed by atoms with Crippen molar-refractivity contribution in [2.75, 3.05) is 11.9 Å². The number of ether oxygens (including phenoxy) is 2. The summed E-state index contributed by atoms with van der Waals surface area (Å²) in [5, 5.41) is 15.0. The first-order chi connectivity index (χ1) is 15.6. The average molecular weight is 498 g/mol. The maximum Gasteiger partial charge on any atom is 0.338 e. The highest BCUT2D eigenvalue weighted by Gasteiger charge is 2.34. The molecule has 1 unspecified atom stereocenters. The highest BCUT2D eigenvalue weighted by Crippen LogP contribution is 2.35. The lowest BCUT2D eigenvalue weighted by Crippen LogP contribution is -2.29. The number of hydrogen-bond acceptors (Lipinski definition) is 7. The molecule has 0 saturated heterocycles. The Morgan fingerprint density at radius 3 is 2.78 bits per heavy atom. The summed E-state index contributed by atoms with van der Waals surface area (Å²) < 4.78 is 14.0. The standard InChI is InChI=1S/C23H24BrN5O3/c1-3-4-12-31-22(30)20-15(2)25-23-26-27-28-29(23)21(20)17-8-10-19(11-9-17)32-14-16-6-5-7-18(24)13-16/h5-11,13,21H,3-4,12,14H2,1-2H3,(H,25,26,28). The maximum absolute atomic E-state index is 12.9. The van der Waals surface area contributed by atoms with E-state index in [2.05, 4.69) is 43.7 Å². The number of fused-ring (bicyclic) bond motifs is 1. The van der Waals surface area contributed by atoms with Gasteiger partial charge in [-0.2, -0.15) is 4.68 Å². The van der Waals surface area contributed by atoms with Crippen molar-refractivity contribution >= 4 is 27.8 Å². The number of tetrazole rings is 1. The lowest BCUT2D eigenvalue weighted by molar-refractivity contribution is -0.139. The number of esters is 1. The van der Waals surface area contributed by atoms with Crippen LogP contribution in [0.4, 0.5) is 5.95 Å². The number of anilines is 1. The summed E-state index contributed by atoms with van der Waals surface area (Å²) in [4.78, 5) is 12.9. The zero-order valence-corrected chi connectivity index (χ0v) is 19.5. The van der Waals surface area contributed by atoms with Gasteiger partial charge >= 0.3 is 5.97 Å². The predicted molar refractivity (Wildman–Crippen MR) is 123 cm³/mol. The van der Waals surface area contributed by atoms with E-state index in [4.69, 9.17) is 9.47 Å². The molecule has 4 rings (SSSR count). The highest BCUT2D eigenvalue weighted by atomic mass is 79.9. The molecule has 2 aromatic carbocycles. The van der Waals surface area contributed by atoms with E-state index in [1.807, 2.05) is 55.5 Å². The monoisotopic (exact) mass is 497 g/mol. The second-order valence-electron chi connectivity index (χ2n) is 7.49. The van der Waals surface area contributed by atoms with Crippen molar-refractivity contribution < 1.29 is 14.3 Å². The second-order valence-corrected chi connectivity index (χ2v) is 8.41. The number of halogens is 1. The highest BCUT2D eigenvalue weighted by molar-refractivity contribution is 9.10. The summed E-state index contributed by atoms with van der Waals surface area (Å²) in [6, 6.07) is 15.1. The molecule has 0 spiro atoms. The molecule has 0 aliphatic carbocycles. The fraction of sp³-hybridized carbons (Fsp3) is 0.304. The van der Waals surface area contributed by atoms with Gasteiger partial charge in [0.05, 0.1) is 12.2 Å². The van der Waals surface area contributed by atoms with Crippen LogP contribution in [0.25, 0.3) is 0 Å². The number of hydrogen-bond donors (Lipinski definition) is 1. The molecule has 2 heterocycles. The van der Waals surface area contributed by atoms with Crippen molar-refractivity contribution in [2.24, 2.45) is 0 Å². The Kier molecular flexibility index (Phi) is 6.84. The molecule has 3 aromatic rings. The van der Waals surface area contributed by atoms with Gasteiger partial charge in [-0.15, -0.1) is 0 Å². The third kappa shape index (κ3) is 4.83. The van der Waals surface area contributed by atoms with Crippen LogP contribution in [0.15, 0.2) is 64.3 Å². The van der Waals surface area contributed by atoms with Crippen molar-refractivity contribution in [3.05, 3.63) is 75.4 Å². The van der Waals surface area contributed by atoms with Crippen molar-refractivity contribution in [3.8, 4) is 5.75 Å². The molecule has 32 heavy (non-hydrogen) atoms. The number of carbonyl (C=O) groups is 1. The average Bonchev–Trinajstić information content (AvgIpc) is 3.25. The molecule has 9 heteroatoms. The molecule has 1 N–H and O–H groups in total. The van der Waals surface area contributed by atoms with Gasteiger partial charge < -0.3 is 14.8 Å². The SMILES string of the molecule is CCCCOC(=O)C1=C(C)Nc2nnnn2C1c1ccc(OCc2cccc(Br)c2)cc1. The third-order valence-electron chi connectivity index (χ3n) is 5.16. The van der Waals surface area contributed by atoms with Gasteiger partial charge in [-0.1, -0.05) is 58.6 Å². The van der Waals surface area contributed by atoms with Gasteiger partial charge in [-0.05, 0) is 59.2 Å². The van der Waals surface area contributed by atoms with Crippen LogP contribution in [0, 0.1) is 0 Å². The molecule has 1 atom stereocenters. The fourth-order valence-corrected chi connectivity index (χ4v) is 3.96. The smallest absolute Gasteiger partial charge is 0.338 e.